The van der Waals surface area contributed by atoms with E-state index in [1.54, 1.807) is 43.3 Å². The smallest absolute Gasteiger partial charge is 0.263 e. The van der Waals surface area contributed by atoms with Gasteiger partial charge in [0.15, 0.2) is 0 Å². The molecule has 0 fully saturated rings. The molecule has 0 bridgehead atoms. The summed E-state index contributed by atoms with van der Waals surface area (Å²) in [6.45, 7) is 6.16. The third-order valence-electron chi connectivity index (χ3n) is 5.06. The standard InChI is InChI=1S/C25H26ClN3O4S/c1-4-13-27-25(31)19-7-5-6-8-22(19)28-24(30)18-10-11-20(26)23(15-18)34(32,33)29-21-12-9-16(2)14-17(21)3/h5-12,14-15,29H,4,13H2,1-3H3,(H,27,31)(H,28,30). The summed E-state index contributed by atoms with van der Waals surface area (Å²) in [5, 5.41) is 5.44. The summed E-state index contributed by atoms with van der Waals surface area (Å²) in [6, 6.07) is 15.9. The first-order chi connectivity index (χ1) is 16.1. The van der Waals surface area contributed by atoms with Crippen molar-refractivity contribution in [2.45, 2.75) is 32.1 Å². The molecule has 2 amide bonds. The molecule has 9 heteroatoms. The van der Waals surface area contributed by atoms with Crippen molar-refractivity contribution < 1.29 is 18.0 Å². The summed E-state index contributed by atoms with van der Waals surface area (Å²) in [5.74, 6) is -0.884. The number of anilines is 2. The van der Waals surface area contributed by atoms with E-state index in [2.05, 4.69) is 15.4 Å². The first-order valence-electron chi connectivity index (χ1n) is 10.7. The third kappa shape index (κ3) is 5.95. The van der Waals surface area contributed by atoms with Crippen molar-refractivity contribution in [3.05, 3.63) is 87.9 Å². The average molecular weight is 500 g/mol. The topological polar surface area (TPSA) is 104 Å². The highest BCUT2D eigenvalue weighted by Crippen LogP contribution is 2.27. The maximum atomic E-state index is 13.1. The van der Waals surface area contributed by atoms with Gasteiger partial charge in [0, 0.05) is 12.1 Å². The van der Waals surface area contributed by atoms with E-state index >= 15 is 0 Å². The van der Waals surface area contributed by atoms with Gasteiger partial charge >= 0.3 is 0 Å². The summed E-state index contributed by atoms with van der Waals surface area (Å²) in [7, 11) is -4.07. The second-order valence-corrected chi connectivity index (χ2v) is 9.88. The van der Waals surface area contributed by atoms with Crippen LogP contribution in [0.4, 0.5) is 11.4 Å². The van der Waals surface area contributed by atoms with E-state index in [9.17, 15) is 18.0 Å². The Morgan fingerprint density at radius 3 is 2.35 bits per heavy atom. The number of benzene rings is 3. The van der Waals surface area contributed by atoms with Crippen molar-refractivity contribution in [3.8, 4) is 0 Å². The van der Waals surface area contributed by atoms with Crippen LogP contribution in [0.2, 0.25) is 5.02 Å². The zero-order chi connectivity index (χ0) is 24.9. The Hall–Kier alpha value is -3.36. The monoisotopic (exact) mass is 499 g/mol. The van der Waals surface area contributed by atoms with Gasteiger partial charge in [0.2, 0.25) is 0 Å². The minimum Gasteiger partial charge on any atom is -0.352 e. The van der Waals surface area contributed by atoms with Gasteiger partial charge in [-0.05, 0) is 62.2 Å². The lowest BCUT2D eigenvalue weighted by Crippen LogP contribution is -2.25. The normalized spacial score (nSPS) is 11.1. The van der Waals surface area contributed by atoms with Crippen LogP contribution in [0.5, 0.6) is 0 Å². The molecule has 0 saturated heterocycles. The maximum Gasteiger partial charge on any atom is 0.263 e. The van der Waals surface area contributed by atoms with E-state index in [1.807, 2.05) is 19.9 Å². The molecule has 0 spiro atoms. The van der Waals surface area contributed by atoms with E-state index in [0.29, 0.717) is 23.5 Å². The number of amides is 2. The molecule has 0 aromatic heterocycles. The van der Waals surface area contributed by atoms with Gasteiger partial charge in [-0.1, -0.05) is 48.4 Å². The number of hydrogen-bond donors (Lipinski definition) is 3. The van der Waals surface area contributed by atoms with Crippen LogP contribution in [0, 0.1) is 13.8 Å². The van der Waals surface area contributed by atoms with Gasteiger partial charge in [-0.15, -0.1) is 0 Å². The number of aryl methyl sites for hydroxylation is 2. The lowest BCUT2D eigenvalue weighted by molar-refractivity contribution is 0.0954. The molecule has 3 aromatic carbocycles. The maximum absolute atomic E-state index is 13.1. The number of halogens is 1. The van der Waals surface area contributed by atoms with Crippen LogP contribution in [-0.2, 0) is 10.0 Å². The van der Waals surface area contributed by atoms with Crippen LogP contribution in [0.25, 0.3) is 0 Å². The predicted molar refractivity (Wildman–Crippen MR) is 135 cm³/mol. The van der Waals surface area contributed by atoms with Gasteiger partial charge in [0.1, 0.15) is 4.90 Å². The first-order valence-corrected chi connectivity index (χ1v) is 12.6. The minimum atomic E-state index is -4.07. The van der Waals surface area contributed by atoms with Crippen LogP contribution in [-0.4, -0.2) is 26.8 Å². The number of carbonyl (C=O) groups excluding carboxylic acids is 2. The summed E-state index contributed by atoms with van der Waals surface area (Å²) in [4.78, 5) is 25.1. The zero-order valence-corrected chi connectivity index (χ0v) is 20.7. The SMILES string of the molecule is CCCNC(=O)c1ccccc1NC(=O)c1ccc(Cl)c(S(=O)(=O)Nc2ccc(C)cc2C)c1. The van der Waals surface area contributed by atoms with Crippen molar-refractivity contribution in [1.29, 1.82) is 0 Å². The molecule has 3 aromatic rings. The van der Waals surface area contributed by atoms with Gasteiger partial charge in [-0.3, -0.25) is 14.3 Å². The Morgan fingerprint density at radius 1 is 0.912 bits per heavy atom. The molecule has 3 rings (SSSR count). The van der Waals surface area contributed by atoms with E-state index in [4.69, 9.17) is 11.6 Å². The van der Waals surface area contributed by atoms with Gasteiger partial charge in [0.25, 0.3) is 21.8 Å². The van der Waals surface area contributed by atoms with E-state index in [1.165, 1.54) is 18.2 Å². The number of nitrogens with one attached hydrogen (secondary N) is 3. The molecule has 0 radical (unpaired) electrons. The van der Waals surface area contributed by atoms with Crippen LogP contribution in [0.15, 0.2) is 65.6 Å². The summed E-state index contributed by atoms with van der Waals surface area (Å²) in [5.41, 5.74) is 2.88. The highest BCUT2D eigenvalue weighted by atomic mass is 35.5. The van der Waals surface area contributed by atoms with Crippen molar-refractivity contribution in [2.75, 3.05) is 16.6 Å². The van der Waals surface area contributed by atoms with Crippen LogP contribution in [0.3, 0.4) is 0 Å². The van der Waals surface area contributed by atoms with Crippen molar-refractivity contribution in [1.82, 2.24) is 5.32 Å². The van der Waals surface area contributed by atoms with Gasteiger partial charge in [0.05, 0.1) is 22.0 Å². The number of rotatable bonds is 8. The number of para-hydroxylation sites is 1. The second-order valence-electron chi connectivity index (χ2n) is 7.82. The second kappa shape index (κ2) is 10.7. The van der Waals surface area contributed by atoms with Gasteiger partial charge in [-0.2, -0.15) is 0 Å². The molecular formula is C25H26ClN3O4S. The van der Waals surface area contributed by atoms with E-state index in [0.717, 1.165) is 17.5 Å². The minimum absolute atomic E-state index is 0.0202. The molecule has 0 aliphatic heterocycles. The fourth-order valence-corrected chi connectivity index (χ4v) is 4.95. The molecule has 0 aliphatic rings. The Balaban J connectivity index is 1.88. The molecule has 178 valence electrons. The number of sulfonamides is 1. The van der Waals surface area contributed by atoms with Crippen LogP contribution in [0.1, 0.15) is 45.2 Å². The Bertz CT molecular complexity index is 1340. The fourth-order valence-electron chi connectivity index (χ4n) is 3.30. The molecule has 3 N–H and O–H groups in total. The number of hydrogen-bond acceptors (Lipinski definition) is 4. The zero-order valence-electron chi connectivity index (χ0n) is 19.1. The molecular weight excluding hydrogens is 474 g/mol. The average Bonchev–Trinajstić information content (AvgIpc) is 2.79. The lowest BCUT2D eigenvalue weighted by Gasteiger charge is -2.14. The third-order valence-corrected chi connectivity index (χ3v) is 6.91. The fraction of sp³-hybridized carbons (Fsp3) is 0.200. The Morgan fingerprint density at radius 2 is 1.65 bits per heavy atom. The van der Waals surface area contributed by atoms with E-state index in [-0.39, 0.29) is 21.4 Å². The molecule has 0 heterocycles. The molecule has 0 atom stereocenters. The van der Waals surface area contributed by atoms with E-state index < -0.39 is 15.9 Å². The quantitative estimate of drug-likeness (QED) is 0.398. The van der Waals surface area contributed by atoms with Crippen LogP contribution < -0.4 is 15.4 Å². The lowest BCUT2D eigenvalue weighted by atomic mass is 10.1. The van der Waals surface area contributed by atoms with Crippen molar-refractivity contribution in [3.63, 3.8) is 0 Å². The summed E-state index contributed by atoms with van der Waals surface area (Å²) < 4.78 is 28.6. The summed E-state index contributed by atoms with van der Waals surface area (Å²) >= 11 is 6.19. The molecule has 7 nitrogen and oxygen atoms in total. The molecule has 0 unspecified atom stereocenters. The van der Waals surface area contributed by atoms with Crippen LogP contribution >= 0.6 is 11.6 Å². The Labute approximate surface area is 204 Å². The Kier molecular flexibility index (Phi) is 7.96. The highest BCUT2D eigenvalue weighted by molar-refractivity contribution is 7.92. The van der Waals surface area contributed by atoms with Gasteiger partial charge < -0.3 is 10.6 Å². The molecule has 0 saturated carbocycles. The first kappa shape index (κ1) is 25.3. The largest absolute Gasteiger partial charge is 0.352 e. The molecule has 34 heavy (non-hydrogen) atoms. The molecule has 0 aliphatic carbocycles. The number of carbonyl (C=O) groups is 2. The highest BCUT2D eigenvalue weighted by Gasteiger charge is 2.22. The predicted octanol–water partition coefficient (Wildman–Crippen LogP) is 5.15. The van der Waals surface area contributed by atoms with Crippen molar-refractivity contribution in [2.24, 2.45) is 0 Å². The summed E-state index contributed by atoms with van der Waals surface area (Å²) in [6.07, 6.45) is 0.776. The van der Waals surface area contributed by atoms with Gasteiger partial charge in [-0.25, -0.2) is 8.42 Å². The van der Waals surface area contributed by atoms with Crippen molar-refractivity contribution >= 4 is 44.8 Å².